The number of ether oxygens (including phenoxy) is 1. The van der Waals surface area contributed by atoms with Gasteiger partial charge >= 0.3 is 0 Å². The lowest BCUT2D eigenvalue weighted by molar-refractivity contribution is -0.126. The van der Waals surface area contributed by atoms with Crippen molar-refractivity contribution < 1.29 is 9.53 Å². The quantitative estimate of drug-likeness (QED) is 0.808. The summed E-state index contributed by atoms with van der Waals surface area (Å²) >= 11 is 0. The van der Waals surface area contributed by atoms with E-state index >= 15 is 0 Å². The highest BCUT2D eigenvalue weighted by atomic mass is 16.5. The van der Waals surface area contributed by atoms with E-state index in [1.807, 2.05) is 26.1 Å². The third kappa shape index (κ3) is 3.75. The topological polar surface area (TPSA) is 50.4 Å². The van der Waals surface area contributed by atoms with Crippen molar-refractivity contribution in [3.8, 4) is 5.75 Å². The summed E-state index contributed by atoms with van der Waals surface area (Å²) in [7, 11) is 3.49. The van der Waals surface area contributed by atoms with Crippen LogP contribution in [0.4, 0.5) is 0 Å². The standard InChI is InChI=1S/C13H20N2O2/c1-9-5-6-12(11(7-9)8-14-3)17-10(2)13(16)15-4/h5-7,10,14H,8H2,1-4H3,(H,15,16). The largest absolute Gasteiger partial charge is 0.481 e. The molecule has 0 aromatic heterocycles. The van der Waals surface area contributed by atoms with Crippen molar-refractivity contribution in [2.45, 2.75) is 26.5 Å². The van der Waals surface area contributed by atoms with Gasteiger partial charge in [-0.05, 0) is 27.0 Å². The molecule has 0 aliphatic heterocycles. The zero-order valence-corrected chi connectivity index (χ0v) is 10.8. The number of carbonyl (C=O) groups excluding carboxylic acids is 1. The van der Waals surface area contributed by atoms with Crippen LogP contribution >= 0.6 is 0 Å². The Morgan fingerprint density at radius 1 is 1.41 bits per heavy atom. The van der Waals surface area contributed by atoms with Gasteiger partial charge in [0.25, 0.3) is 5.91 Å². The fourth-order valence-corrected chi connectivity index (χ4v) is 1.60. The predicted molar refractivity (Wildman–Crippen MR) is 68.1 cm³/mol. The van der Waals surface area contributed by atoms with Crippen LogP contribution in [-0.2, 0) is 11.3 Å². The van der Waals surface area contributed by atoms with E-state index in [4.69, 9.17) is 4.74 Å². The minimum atomic E-state index is -0.488. The Hall–Kier alpha value is -1.55. The number of likely N-dealkylation sites (N-methyl/N-ethyl adjacent to an activating group) is 1. The molecule has 1 rings (SSSR count). The summed E-state index contributed by atoms with van der Waals surface area (Å²) in [5.41, 5.74) is 2.23. The second-order valence-corrected chi connectivity index (χ2v) is 4.02. The third-order valence-electron chi connectivity index (χ3n) is 2.50. The van der Waals surface area contributed by atoms with Gasteiger partial charge in [0, 0.05) is 19.2 Å². The van der Waals surface area contributed by atoms with Crippen molar-refractivity contribution in [2.24, 2.45) is 0 Å². The Morgan fingerprint density at radius 3 is 2.71 bits per heavy atom. The number of rotatable bonds is 5. The number of benzene rings is 1. The zero-order valence-electron chi connectivity index (χ0n) is 10.8. The molecule has 1 atom stereocenters. The summed E-state index contributed by atoms with van der Waals surface area (Å²) in [4.78, 5) is 11.4. The first kappa shape index (κ1) is 13.5. The van der Waals surface area contributed by atoms with Gasteiger partial charge in [0.2, 0.25) is 0 Å². The van der Waals surface area contributed by atoms with Crippen molar-refractivity contribution in [1.29, 1.82) is 0 Å². The normalized spacial score (nSPS) is 12.0. The highest BCUT2D eigenvalue weighted by Crippen LogP contribution is 2.21. The predicted octanol–water partition coefficient (Wildman–Crippen LogP) is 1.23. The molecule has 2 N–H and O–H groups in total. The molecule has 1 aromatic carbocycles. The van der Waals surface area contributed by atoms with Crippen molar-refractivity contribution in [2.75, 3.05) is 14.1 Å². The first-order valence-electron chi connectivity index (χ1n) is 5.71. The number of nitrogens with one attached hydrogen (secondary N) is 2. The molecular formula is C13H20N2O2. The summed E-state index contributed by atoms with van der Waals surface area (Å²) in [6.45, 7) is 4.49. The van der Waals surface area contributed by atoms with Crippen LogP contribution in [0, 0.1) is 6.92 Å². The maximum absolute atomic E-state index is 11.4. The third-order valence-corrected chi connectivity index (χ3v) is 2.50. The summed E-state index contributed by atoms with van der Waals surface area (Å²) < 4.78 is 5.65. The molecule has 1 aromatic rings. The van der Waals surface area contributed by atoms with Crippen LogP contribution in [0.3, 0.4) is 0 Å². The molecule has 0 aliphatic rings. The van der Waals surface area contributed by atoms with E-state index in [1.165, 1.54) is 5.56 Å². The molecule has 0 saturated heterocycles. The summed E-state index contributed by atoms with van der Waals surface area (Å²) in [5, 5.41) is 5.66. The molecule has 1 unspecified atom stereocenters. The molecule has 17 heavy (non-hydrogen) atoms. The van der Waals surface area contributed by atoms with Crippen molar-refractivity contribution in [3.63, 3.8) is 0 Å². The molecule has 0 spiro atoms. The average Bonchev–Trinajstić information content (AvgIpc) is 2.31. The molecule has 0 heterocycles. The van der Waals surface area contributed by atoms with Crippen LogP contribution in [0.1, 0.15) is 18.1 Å². The van der Waals surface area contributed by atoms with Gasteiger partial charge in [-0.2, -0.15) is 0 Å². The van der Waals surface area contributed by atoms with Gasteiger partial charge in [0.1, 0.15) is 5.75 Å². The van der Waals surface area contributed by atoms with Gasteiger partial charge < -0.3 is 15.4 Å². The van der Waals surface area contributed by atoms with Gasteiger partial charge in [-0.1, -0.05) is 17.7 Å². The molecule has 0 radical (unpaired) electrons. The molecule has 0 bridgehead atoms. The van der Waals surface area contributed by atoms with E-state index < -0.39 is 6.10 Å². The Kier molecular flexibility index (Phi) is 4.97. The van der Waals surface area contributed by atoms with Crippen LogP contribution in [0.5, 0.6) is 5.75 Å². The van der Waals surface area contributed by atoms with Gasteiger partial charge in [0.15, 0.2) is 6.10 Å². The molecule has 0 aliphatic carbocycles. The number of aryl methyl sites for hydroxylation is 1. The van der Waals surface area contributed by atoms with Gasteiger partial charge in [-0.3, -0.25) is 4.79 Å². The first-order valence-corrected chi connectivity index (χ1v) is 5.71. The van der Waals surface area contributed by atoms with E-state index in [0.29, 0.717) is 0 Å². The lowest BCUT2D eigenvalue weighted by Crippen LogP contribution is -2.34. The maximum Gasteiger partial charge on any atom is 0.260 e. The number of amides is 1. The maximum atomic E-state index is 11.4. The minimum Gasteiger partial charge on any atom is -0.481 e. The highest BCUT2D eigenvalue weighted by molar-refractivity contribution is 5.80. The molecule has 0 fully saturated rings. The second-order valence-electron chi connectivity index (χ2n) is 4.02. The van der Waals surface area contributed by atoms with Gasteiger partial charge in [-0.15, -0.1) is 0 Å². The van der Waals surface area contributed by atoms with E-state index in [0.717, 1.165) is 17.9 Å². The molecule has 4 nitrogen and oxygen atoms in total. The van der Waals surface area contributed by atoms with Crippen LogP contribution in [0.15, 0.2) is 18.2 Å². The number of carbonyl (C=O) groups is 1. The fourth-order valence-electron chi connectivity index (χ4n) is 1.60. The fraction of sp³-hybridized carbons (Fsp3) is 0.462. The van der Waals surface area contributed by atoms with Crippen LogP contribution in [-0.4, -0.2) is 26.1 Å². The Labute approximate surface area is 102 Å². The Morgan fingerprint density at radius 2 is 2.12 bits per heavy atom. The summed E-state index contributed by atoms with van der Waals surface area (Å²) in [5.74, 6) is 0.627. The first-order chi connectivity index (χ1) is 8.08. The molecule has 0 saturated carbocycles. The Bertz CT molecular complexity index is 391. The molecular weight excluding hydrogens is 216 g/mol. The van der Waals surface area contributed by atoms with Crippen molar-refractivity contribution >= 4 is 5.91 Å². The lowest BCUT2D eigenvalue weighted by Gasteiger charge is -2.16. The Balaban J connectivity index is 2.85. The van der Waals surface area contributed by atoms with Gasteiger partial charge in [-0.25, -0.2) is 0 Å². The van der Waals surface area contributed by atoms with E-state index in [2.05, 4.69) is 16.7 Å². The summed E-state index contributed by atoms with van der Waals surface area (Å²) in [6.07, 6.45) is -0.488. The second kappa shape index (κ2) is 6.25. The smallest absolute Gasteiger partial charge is 0.260 e. The monoisotopic (exact) mass is 236 g/mol. The van der Waals surface area contributed by atoms with E-state index in [-0.39, 0.29) is 5.91 Å². The highest BCUT2D eigenvalue weighted by Gasteiger charge is 2.14. The van der Waals surface area contributed by atoms with Crippen molar-refractivity contribution in [1.82, 2.24) is 10.6 Å². The summed E-state index contributed by atoms with van der Waals surface area (Å²) in [6, 6.07) is 5.94. The SMILES string of the molecule is CNCc1cc(C)ccc1OC(C)C(=O)NC. The lowest BCUT2D eigenvalue weighted by atomic mass is 10.1. The van der Waals surface area contributed by atoms with Crippen LogP contribution in [0.25, 0.3) is 0 Å². The minimum absolute atomic E-state index is 0.124. The number of hydrogen-bond donors (Lipinski definition) is 2. The van der Waals surface area contributed by atoms with Gasteiger partial charge in [0.05, 0.1) is 0 Å². The molecule has 4 heteroatoms. The van der Waals surface area contributed by atoms with Crippen LogP contribution < -0.4 is 15.4 Å². The zero-order chi connectivity index (χ0) is 12.8. The molecule has 94 valence electrons. The van der Waals surface area contributed by atoms with Crippen molar-refractivity contribution in [3.05, 3.63) is 29.3 Å². The average molecular weight is 236 g/mol. The molecule has 1 amide bonds. The van der Waals surface area contributed by atoms with Crippen LogP contribution in [0.2, 0.25) is 0 Å². The van der Waals surface area contributed by atoms with E-state index in [9.17, 15) is 4.79 Å². The van der Waals surface area contributed by atoms with E-state index in [1.54, 1.807) is 14.0 Å². The number of hydrogen-bond acceptors (Lipinski definition) is 3.